The van der Waals surface area contributed by atoms with E-state index in [-0.39, 0.29) is 0 Å². The molecule has 0 fully saturated rings. The first-order valence-electron chi connectivity index (χ1n) is 7.30. The summed E-state index contributed by atoms with van der Waals surface area (Å²) in [6.45, 7) is 5.96. The standard InChI is InChI=1S/C20H22/c1-3-5-6-12-18-14-8-10-16-20(18)19-15-9-7-13-17(19)11-4-2/h3,5-10,13-16H,1,4,11-12H2,2H3/b6-5-. The fraction of sp³-hybridized carbons (Fsp3) is 0.200. The maximum absolute atomic E-state index is 3.72. The zero-order valence-corrected chi connectivity index (χ0v) is 12.2. The Balaban J connectivity index is 2.42. The average molecular weight is 262 g/mol. The predicted molar refractivity (Wildman–Crippen MR) is 88.9 cm³/mol. The molecule has 20 heavy (non-hydrogen) atoms. The molecule has 0 radical (unpaired) electrons. The van der Waals surface area contributed by atoms with Crippen LogP contribution in [0.25, 0.3) is 11.1 Å². The molecule has 0 N–H and O–H groups in total. The van der Waals surface area contributed by atoms with Crippen molar-refractivity contribution in [2.75, 3.05) is 0 Å². The van der Waals surface area contributed by atoms with E-state index in [0.717, 1.165) is 12.8 Å². The molecule has 0 nitrogen and oxygen atoms in total. The second-order valence-corrected chi connectivity index (χ2v) is 4.93. The summed E-state index contributed by atoms with van der Waals surface area (Å²) in [4.78, 5) is 0. The molecule has 0 amide bonds. The van der Waals surface area contributed by atoms with Crippen LogP contribution in [0.3, 0.4) is 0 Å². The molecule has 2 rings (SSSR count). The number of benzene rings is 2. The van der Waals surface area contributed by atoms with E-state index < -0.39 is 0 Å². The lowest BCUT2D eigenvalue weighted by Gasteiger charge is -2.12. The highest BCUT2D eigenvalue weighted by atomic mass is 14.1. The summed E-state index contributed by atoms with van der Waals surface area (Å²) in [5.74, 6) is 0. The molecular weight excluding hydrogens is 240 g/mol. The van der Waals surface area contributed by atoms with E-state index in [0.29, 0.717) is 0 Å². The number of allylic oxidation sites excluding steroid dienone is 3. The smallest absolute Gasteiger partial charge is 0.00882 e. The third-order valence-corrected chi connectivity index (χ3v) is 3.45. The summed E-state index contributed by atoms with van der Waals surface area (Å²) in [5.41, 5.74) is 5.53. The quantitative estimate of drug-likeness (QED) is 0.595. The van der Waals surface area contributed by atoms with E-state index in [2.05, 4.69) is 68.1 Å². The van der Waals surface area contributed by atoms with Gasteiger partial charge in [0.05, 0.1) is 0 Å². The van der Waals surface area contributed by atoms with Crippen molar-refractivity contribution in [1.29, 1.82) is 0 Å². The normalized spacial score (nSPS) is 10.8. The predicted octanol–water partition coefficient (Wildman–Crippen LogP) is 5.59. The molecule has 0 atom stereocenters. The van der Waals surface area contributed by atoms with E-state index in [1.165, 1.54) is 28.7 Å². The molecule has 0 aliphatic heterocycles. The molecule has 2 aromatic rings. The van der Waals surface area contributed by atoms with Crippen LogP contribution in [-0.4, -0.2) is 0 Å². The van der Waals surface area contributed by atoms with Gasteiger partial charge in [0.1, 0.15) is 0 Å². The number of hydrogen-bond donors (Lipinski definition) is 0. The van der Waals surface area contributed by atoms with E-state index in [1.807, 2.05) is 12.2 Å². The number of rotatable bonds is 6. The van der Waals surface area contributed by atoms with Gasteiger partial charge in [-0.15, -0.1) is 0 Å². The summed E-state index contributed by atoms with van der Waals surface area (Å²) < 4.78 is 0. The van der Waals surface area contributed by atoms with Gasteiger partial charge in [0.2, 0.25) is 0 Å². The Hall–Kier alpha value is -2.08. The minimum absolute atomic E-state index is 0.947. The van der Waals surface area contributed by atoms with Gasteiger partial charge in [-0.3, -0.25) is 0 Å². The molecule has 0 saturated heterocycles. The molecular formula is C20H22. The van der Waals surface area contributed by atoms with Gasteiger partial charge in [-0.1, -0.05) is 86.7 Å². The second-order valence-electron chi connectivity index (χ2n) is 4.93. The first kappa shape index (κ1) is 14.3. The van der Waals surface area contributed by atoms with Crippen LogP contribution in [0.5, 0.6) is 0 Å². The number of hydrogen-bond acceptors (Lipinski definition) is 0. The monoisotopic (exact) mass is 262 g/mol. The van der Waals surface area contributed by atoms with Gasteiger partial charge in [0.15, 0.2) is 0 Å². The lowest BCUT2D eigenvalue weighted by atomic mass is 9.92. The van der Waals surface area contributed by atoms with Crippen LogP contribution in [0.2, 0.25) is 0 Å². The van der Waals surface area contributed by atoms with Crippen LogP contribution in [-0.2, 0) is 12.8 Å². The van der Waals surface area contributed by atoms with Gasteiger partial charge in [0.25, 0.3) is 0 Å². The van der Waals surface area contributed by atoms with Crippen LogP contribution in [0.15, 0.2) is 73.3 Å². The van der Waals surface area contributed by atoms with Crippen molar-refractivity contribution in [2.24, 2.45) is 0 Å². The van der Waals surface area contributed by atoms with Crippen molar-refractivity contribution in [2.45, 2.75) is 26.2 Å². The lowest BCUT2D eigenvalue weighted by molar-refractivity contribution is 0.923. The molecule has 0 bridgehead atoms. The summed E-state index contributed by atoms with van der Waals surface area (Å²) in [7, 11) is 0. The van der Waals surface area contributed by atoms with Crippen LogP contribution in [0.4, 0.5) is 0 Å². The van der Waals surface area contributed by atoms with Gasteiger partial charge in [-0.25, -0.2) is 0 Å². The summed E-state index contributed by atoms with van der Waals surface area (Å²) in [6.07, 6.45) is 9.25. The van der Waals surface area contributed by atoms with Crippen LogP contribution < -0.4 is 0 Å². The second kappa shape index (κ2) is 7.49. The van der Waals surface area contributed by atoms with Crippen molar-refractivity contribution in [3.05, 3.63) is 84.5 Å². The summed E-state index contributed by atoms with van der Waals surface area (Å²) in [6, 6.07) is 17.4. The van der Waals surface area contributed by atoms with Gasteiger partial charge >= 0.3 is 0 Å². The fourth-order valence-corrected chi connectivity index (χ4v) is 2.52. The highest BCUT2D eigenvalue weighted by molar-refractivity contribution is 5.71. The zero-order valence-electron chi connectivity index (χ0n) is 12.2. The van der Waals surface area contributed by atoms with Crippen molar-refractivity contribution in [3.63, 3.8) is 0 Å². The molecule has 0 saturated carbocycles. The molecule has 2 aromatic carbocycles. The maximum atomic E-state index is 3.72. The molecule has 0 unspecified atom stereocenters. The highest BCUT2D eigenvalue weighted by Gasteiger charge is 2.07. The van der Waals surface area contributed by atoms with Crippen LogP contribution in [0.1, 0.15) is 24.5 Å². The minimum Gasteiger partial charge on any atom is -0.0991 e. The largest absolute Gasteiger partial charge is 0.0991 e. The Morgan fingerprint density at radius 3 is 2.15 bits per heavy atom. The van der Waals surface area contributed by atoms with Crippen LogP contribution >= 0.6 is 0 Å². The molecule has 0 aliphatic rings. The van der Waals surface area contributed by atoms with Crippen molar-refractivity contribution >= 4 is 0 Å². The highest BCUT2D eigenvalue weighted by Crippen LogP contribution is 2.28. The topological polar surface area (TPSA) is 0 Å². The zero-order chi connectivity index (χ0) is 14.2. The SMILES string of the molecule is C=C/C=C\Cc1ccccc1-c1ccccc1CCC. The van der Waals surface area contributed by atoms with E-state index >= 15 is 0 Å². The van der Waals surface area contributed by atoms with E-state index in [4.69, 9.17) is 0 Å². The van der Waals surface area contributed by atoms with Gasteiger partial charge < -0.3 is 0 Å². The minimum atomic E-state index is 0.947. The molecule has 102 valence electrons. The molecule has 0 aromatic heterocycles. The molecule has 0 spiro atoms. The van der Waals surface area contributed by atoms with E-state index in [1.54, 1.807) is 0 Å². The summed E-state index contributed by atoms with van der Waals surface area (Å²) in [5, 5.41) is 0. The average Bonchev–Trinajstić information content (AvgIpc) is 2.49. The Morgan fingerprint density at radius 1 is 0.900 bits per heavy atom. The van der Waals surface area contributed by atoms with Crippen molar-refractivity contribution in [1.82, 2.24) is 0 Å². The maximum Gasteiger partial charge on any atom is -0.00882 e. The Kier molecular flexibility index (Phi) is 5.37. The molecule has 0 heterocycles. The summed E-state index contributed by atoms with van der Waals surface area (Å²) >= 11 is 0. The lowest BCUT2D eigenvalue weighted by Crippen LogP contribution is -1.93. The fourth-order valence-electron chi connectivity index (χ4n) is 2.52. The van der Waals surface area contributed by atoms with Crippen molar-refractivity contribution < 1.29 is 0 Å². The molecule has 0 heteroatoms. The first-order chi connectivity index (χ1) is 9.86. The Labute approximate surface area is 122 Å². The first-order valence-corrected chi connectivity index (χ1v) is 7.30. The third kappa shape index (κ3) is 3.48. The number of aryl methyl sites for hydroxylation is 1. The van der Waals surface area contributed by atoms with Crippen LogP contribution in [0, 0.1) is 0 Å². The third-order valence-electron chi connectivity index (χ3n) is 3.45. The van der Waals surface area contributed by atoms with Crippen molar-refractivity contribution in [3.8, 4) is 11.1 Å². The van der Waals surface area contributed by atoms with Gasteiger partial charge in [-0.2, -0.15) is 0 Å². The van der Waals surface area contributed by atoms with Gasteiger partial charge in [0, 0.05) is 0 Å². The van der Waals surface area contributed by atoms with Gasteiger partial charge in [-0.05, 0) is 35.1 Å². The molecule has 0 aliphatic carbocycles. The Bertz CT molecular complexity index is 590. The Morgan fingerprint density at radius 2 is 1.50 bits per heavy atom. The van der Waals surface area contributed by atoms with E-state index in [9.17, 15) is 0 Å².